The second-order valence-corrected chi connectivity index (χ2v) is 5.27. The van der Waals surface area contributed by atoms with E-state index in [0.29, 0.717) is 10.2 Å². The zero-order valence-corrected chi connectivity index (χ0v) is 12.1. The van der Waals surface area contributed by atoms with Gasteiger partial charge >= 0.3 is 0 Å². The number of methoxy groups -OCH3 is 1. The van der Waals surface area contributed by atoms with Gasteiger partial charge in [-0.15, -0.1) is 11.3 Å². The van der Waals surface area contributed by atoms with E-state index in [4.69, 9.17) is 10.00 Å². The Morgan fingerprint density at radius 1 is 1.38 bits per heavy atom. The summed E-state index contributed by atoms with van der Waals surface area (Å²) in [6.07, 6.45) is 1.42. The number of rotatable bonds is 3. The summed E-state index contributed by atoms with van der Waals surface area (Å²) < 4.78 is 7.02. The van der Waals surface area contributed by atoms with Crippen LogP contribution in [-0.2, 0) is 6.54 Å². The molecule has 0 aliphatic rings. The van der Waals surface area contributed by atoms with E-state index in [9.17, 15) is 4.79 Å². The van der Waals surface area contributed by atoms with Gasteiger partial charge in [-0.25, -0.2) is 4.98 Å². The molecule has 2 heterocycles. The topological polar surface area (TPSA) is 67.9 Å². The molecule has 0 radical (unpaired) electrons. The maximum absolute atomic E-state index is 12.2. The molecule has 5 nitrogen and oxygen atoms in total. The summed E-state index contributed by atoms with van der Waals surface area (Å²) in [5, 5.41) is 10.6. The van der Waals surface area contributed by atoms with Gasteiger partial charge in [-0.2, -0.15) is 5.26 Å². The highest BCUT2D eigenvalue weighted by atomic mass is 32.1. The van der Waals surface area contributed by atoms with Crippen molar-refractivity contribution in [1.29, 1.82) is 5.26 Å². The van der Waals surface area contributed by atoms with Gasteiger partial charge in [-0.05, 0) is 17.7 Å². The minimum absolute atomic E-state index is 0.0115. The molecule has 2 aromatic heterocycles. The van der Waals surface area contributed by atoms with Crippen LogP contribution < -0.4 is 10.3 Å². The Bertz CT molecular complexity index is 888. The first-order valence-electron chi connectivity index (χ1n) is 6.22. The van der Waals surface area contributed by atoms with Crippen LogP contribution in [-0.4, -0.2) is 16.7 Å². The van der Waals surface area contributed by atoms with Crippen LogP contribution in [0, 0.1) is 11.3 Å². The van der Waals surface area contributed by atoms with E-state index in [-0.39, 0.29) is 12.1 Å². The summed E-state index contributed by atoms with van der Waals surface area (Å²) in [6.45, 7) is 0.0115. The molecule has 0 atom stereocenters. The molecule has 0 saturated heterocycles. The van der Waals surface area contributed by atoms with Crippen molar-refractivity contribution in [3.8, 4) is 22.9 Å². The summed E-state index contributed by atoms with van der Waals surface area (Å²) in [5.41, 5.74) is 2.39. The van der Waals surface area contributed by atoms with Gasteiger partial charge in [0.05, 0.1) is 25.0 Å². The number of benzene rings is 1. The van der Waals surface area contributed by atoms with Crippen molar-refractivity contribution < 1.29 is 4.74 Å². The number of fused-ring (bicyclic) bond motifs is 1. The Kier molecular flexibility index (Phi) is 3.42. The Hall–Kier alpha value is -2.65. The van der Waals surface area contributed by atoms with Crippen molar-refractivity contribution in [2.24, 2.45) is 0 Å². The van der Waals surface area contributed by atoms with Crippen LogP contribution in [0.1, 0.15) is 0 Å². The van der Waals surface area contributed by atoms with E-state index >= 15 is 0 Å². The Morgan fingerprint density at radius 3 is 2.81 bits per heavy atom. The van der Waals surface area contributed by atoms with Crippen molar-refractivity contribution in [2.75, 3.05) is 7.11 Å². The average molecular weight is 297 g/mol. The third-order valence-corrected chi connectivity index (χ3v) is 4.15. The minimum Gasteiger partial charge on any atom is -0.497 e. The molecule has 0 spiro atoms. The molecule has 104 valence electrons. The highest BCUT2D eigenvalue weighted by molar-refractivity contribution is 7.17. The van der Waals surface area contributed by atoms with Gasteiger partial charge in [-0.1, -0.05) is 12.1 Å². The molecular weight excluding hydrogens is 286 g/mol. The van der Waals surface area contributed by atoms with Crippen LogP contribution in [0.4, 0.5) is 0 Å². The summed E-state index contributed by atoms with van der Waals surface area (Å²) in [6, 6.07) is 9.56. The van der Waals surface area contributed by atoms with E-state index in [1.54, 1.807) is 7.11 Å². The molecule has 3 rings (SSSR count). The summed E-state index contributed by atoms with van der Waals surface area (Å²) in [7, 11) is 1.62. The highest BCUT2D eigenvalue weighted by Crippen LogP contribution is 2.31. The molecule has 0 fully saturated rings. The molecule has 0 aliphatic heterocycles. The van der Waals surface area contributed by atoms with Gasteiger partial charge < -0.3 is 4.74 Å². The number of ether oxygens (including phenoxy) is 1. The van der Waals surface area contributed by atoms with Gasteiger partial charge in [0, 0.05) is 10.9 Å². The lowest BCUT2D eigenvalue weighted by atomic mass is 10.1. The fraction of sp³-hybridized carbons (Fsp3) is 0.133. The number of nitriles is 1. The number of aromatic nitrogens is 2. The molecule has 0 amide bonds. The predicted octanol–water partition coefficient (Wildman–Crippen LogP) is 2.66. The first-order valence-corrected chi connectivity index (χ1v) is 7.10. The van der Waals surface area contributed by atoms with Crippen molar-refractivity contribution in [3.05, 3.63) is 46.3 Å². The van der Waals surface area contributed by atoms with Crippen LogP contribution in [0.3, 0.4) is 0 Å². The smallest absolute Gasteiger partial charge is 0.272 e. The molecule has 0 bridgehead atoms. The summed E-state index contributed by atoms with van der Waals surface area (Å²) in [4.78, 5) is 16.6. The monoisotopic (exact) mass is 297 g/mol. The summed E-state index contributed by atoms with van der Waals surface area (Å²) >= 11 is 1.35. The normalized spacial score (nSPS) is 10.5. The zero-order chi connectivity index (χ0) is 14.8. The number of hydrogen-bond acceptors (Lipinski definition) is 5. The molecule has 0 unspecified atom stereocenters. The van der Waals surface area contributed by atoms with Gasteiger partial charge in [0.1, 0.15) is 17.0 Å². The van der Waals surface area contributed by atoms with Crippen LogP contribution in [0.15, 0.2) is 40.8 Å². The van der Waals surface area contributed by atoms with E-state index in [2.05, 4.69) is 4.98 Å². The van der Waals surface area contributed by atoms with E-state index in [0.717, 1.165) is 16.9 Å². The number of nitrogens with zero attached hydrogens (tertiary/aromatic N) is 3. The Labute approximate surface area is 124 Å². The Balaban J connectivity index is 2.14. The van der Waals surface area contributed by atoms with Crippen LogP contribution in [0.5, 0.6) is 5.75 Å². The number of thiophene rings is 1. The molecule has 3 aromatic rings. The van der Waals surface area contributed by atoms with Gasteiger partial charge in [0.2, 0.25) is 0 Å². The van der Waals surface area contributed by atoms with E-state index in [1.165, 1.54) is 22.2 Å². The lowest BCUT2D eigenvalue weighted by molar-refractivity contribution is 0.415. The molecule has 0 N–H and O–H groups in total. The molecule has 0 saturated carbocycles. The second-order valence-electron chi connectivity index (χ2n) is 4.39. The van der Waals surface area contributed by atoms with Gasteiger partial charge in [0.25, 0.3) is 5.56 Å². The Morgan fingerprint density at radius 2 is 2.14 bits per heavy atom. The van der Waals surface area contributed by atoms with Crippen molar-refractivity contribution in [3.63, 3.8) is 0 Å². The molecular formula is C15H11N3O2S. The minimum atomic E-state index is -0.175. The van der Waals surface area contributed by atoms with Crippen LogP contribution in [0.25, 0.3) is 21.3 Å². The van der Waals surface area contributed by atoms with Crippen molar-refractivity contribution in [2.45, 2.75) is 6.54 Å². The maximum Gasteiger partial charge on any atom is 0.272 e. The predicted molar refractivity (Wildman–Crippen MR) is 81.5 cm³/mol. The lowest BCUT2D eigenvalue weighted by Gasteiger charge is -2.03. The average Bonchev–Trinajstić information content (AvgIpc) is 2.95. The van der Waals surface area contributed by atoms with Crippen LogP contribution >= 0.6 is 11.3 Å². The third-order valence-electron chi connectivity index (χ3n) is 3.19. The first-order chi connectivity index (χ1) is 10.2. The lowest BCUT2D eigenvalue weighted by Crippen LogP contribution is -2.18. The molecule has 21 heavy (non-hydrogen) atoms. The SMILES string of the molecule is COc1ccc(-c2csc3c(=O)n(CC#N)cnc23)cc1. The summed E-state index contributed by atoms with van der Waals surface area (Å²) in [5.74, 6) is 0.780. The quantitative estimate of drug-likeness (QED) is 0.745. The second kappa shape index (κ2) is 5.38. The van der Waals surface area contributed by atoms with Gasteiger partial charge in [-0.3, -0.25) is 9.36 Å². The van der Waals surface area contributed by atoms with E-state index in [1.807, 2.05) is 35.7 Å². The maximum atomic E-state index is 12.2. The largest absolute Gasteiger partial charge is 0.497 e. The fourth-order valence-corrected chi connectivity index (χ4v) is 3.08. The van der Waals surface area contributed by atoms with Crippen LogP contribution in [0.2, 0.25) is 0 Å². The first kappa shape index (κ1) is 13.3. The standard InChI is InChI=1S/C15H11N3O2S/c1-20-11-4-2-10(3-5-11)12-8-21-14-13(12)17-9-18(7-6-16)15(14)19/h2-5,8-9H,7H2,1H3. The fourth-order valence-electron chi connectivity index (χ4n) is 2.11. The third kappa shape index (κ3) is 2.28. The molecule has 1 aromatic carbocycles. The van der Waals surface area contributed by atoms with E-state index < -0.39 is 0 Å². The van der Waals surface area contributed by atoms with Crippen molar-refractivity contribution in [1.82, 2.24) is 9.55 Å². The number of hydrogen-bond donors (Lipinski definition) is 0. The highest BCUT2D eigenvalue weighted by Gasteiger charge is 2.12. The van der Waals surface area contributed by atoms with Crippen molar-refractivity contribution >= 4 is 21.6 Å². The molecule has 0 aliphatic carbocycles. The van der Waals surface area contributed by atoms with Gasteiger partial charge in [0.15, 0.2) is 0 Å². The zero-order valence-electron chi connectivity index (χ0n) is 11.2. The molecule has 6 heteroatoms.